The number of nitro groups is 1. The molecule has 0 aliphatic carbocycles. The van der Waals surface area contributed by atoms with E-state index in [-0.39, 0.29) is 17.1 Å². The zero-order valence-electron chi connectivity index (χ0n) is 10.3. The fourth-order valence-electron chi connectivity index (χ4n) is 1.69. The number of benzene rings is 2. The third-order valence-electron chi connectivity index (χ3n) is 2.63. The van der Waals surface area contributed by atoms with E-state index in [0.717, 1.165) is 12.1 Å². The van der Waals surface area contributed by atoms with Crippen molar-refractivity contribution in [3.05, 3.63) is 62.4 Å². The summed E-state index contributed by atoms with van der Waals surface area (Å²) >= 11 is 3.19. The Kier molecular flexibility index (Phi) is 4.18. The maximum atomic E-state index is 13.6. The predicted octanol–water partition coefficient (Wildman–Crippen LogP) is 3.94. The first-order valence-electron chi connectivity index (χ1n) is 5.62. The Labute approximate surface area is 126 Å². The van der Waals surface area contributed by atoms with Gasteiger partial charge in [0.15, 0.2) is 0 Å². The molecular formula is C13H8BrFN2O4. The summed E-state index contributed by atoms with van der Waals surface area (Å²) in [5, 5.41) is 22.4. The minimum absolute atomic E-state index is 0.164. The summed E-state index contributed by atoms with van der Waals surface area (Å²) in [7, 11) is 0. The lowest BCUT2D eigenvalue weighted by Crippen LogP contribution is -2.02. The molecule has 0 amide bonds. The molecule has 0 saturated heterocycles. The topological polar surface area (TPSA) is 92.5 Å². The van der Waals surface area contributed by atoms with Gasteiger partial charge in [0.1, 0.15) is 11.5 Å². The Hall–Kier alpha value is -2.48. The van der Waals surface area contributed by atoms with Crippen molar-refractivity contribution in [2.45, 2.75) is 0 Å². The van der Waals surface area contributed by atoms with Gasteiger partial charge in [-0.25, -0.2) is 9.18 Å². The normalized spacial score (nSPS) is 10.2. The first-order chi connectivity index (χ1) is 9.88. The van der Waals surface area contributed by atoms with Crippen molar-refractivity contribution in [1.82, 2.24) is 0 Å². The van der Waals surface area contributed by atoms with Gasteiger partial charge in [-0.05, 0) is 30.3 Å². The third kappa shape index (κ3) is 3.34. The Bertz CT molecular complexity index is 736. The van der Waals surface area contributed by atoms with Crippen LogP contribution in [0.15, 0.2) is 40.9 Å². The van der Waals surface area contributed by atoms with Crippen LogP contribution in [0.1, 0.15) is 10.4 Å². The lowest BCUT2D eigenvalue weighted by molar-refractivity contribution is -0.383. The van der Waals surface area contributed by atoms with Crippen molar-refractivity contribution >= 4 is 39.0 Å². The molecule has 0 aliphatic rings. The molecule has 2 aromatic rings. The van der Waals surface area contributed by atoms with Gasteiger partial charge in [-0.15, -0.1) is 0 Å². The van der Waals surface area contributed by atoms with E-state index in [1.54, 1.807) is 0 Å². The smallest absolute Gasteiger partial charge is 0.338 e. The second-order valence-electron chi connectivity index (χ2n) is 4.04. The maximum Gasteiger partial charge on any atom is 0.338 e. The lowest BCUT2D eigenvalue weighted by Gasteiger charge is -2.08. The Morgan fingerprint density at radius 2 is 2.00 bits per heavy atom. The summed E-state index contributed by atoms with van der Waals surface area (Å²) in [6, 6.07) is 7.67. The number of nitro benzene ring substituents is 1. The zero-order chi connectivity index (χ0) is 15.6. The van der Waals surface area contributed by atoms with Crippen molar-refractivity contribution in [2.24, 2.45) is 0 Å². The SMILES string of the molecule is O=C(O)c1ccc(Nc2cc(Br)ccc2[N+](=O)[O-])cc1F. The van der Waals surface area contributed by atoms with Crippen LogP contribution in [0.3, 0.4) is 0 Å². The van der Waals surface area contributed by atoms with Gasteiger partial charge in [-0.3, -0.25) is 10.1 Å². The van der Waals surface area contributed by atoms with Crippen LogP contribution in [-0.2, 0) is 0 Å². The maximum absolute atomic E-state index is 13.6. The van der Waals surface area contributed by atoms with E-state index in [1.165, 1.54) is 24.3 Å². The highest BCUT2D eigenvalue weighted by molar-refractivity contribution is 9.10. The van der Waals surface area contributed by atoms with Gasteiger partial charge in [0.2, 0.25) is 0 Å². The fourth-order valence-corrected chi connectivity index (χ4v) is 2.05. The molecule has 0 saturated carbocycles. The van der Waals surface area contributed by atoms with Gasteiger partial charge < -0.3 is 10.4 Å². The number of halogens is 2. The van der Waals surface area contributed by atoms with Crippen molar-refractivity contribution < 1.29 is 19.2 Å². The molecule has 6 nitrogen and oxygen atoms in total. The highest BCUT2D eigenvalue weighted by Gasteiger charge is 2.15. The second kappa shape index (κ2) is 5.88. The molecule has 108 valence electrons. The van der Waals surface area contributed by atoms with Crippen LogP contribution in [0, 0.1) is 15.9 Å². The summed E-state index contributed by atoms with van der Waals surface area (Å²) in [6.45, 7) is 0. The van der Waals surface area contributed by atoms with Gasteiger partial charge in [0.25, 0.3) is 5.69 Å². The number of rotatable bonds is 4. The molecule has 0 spiro atoms. The highest BCUT2D eigenvalue weighted by atomic mass is 79.9. The number of carboxylic acid groups (broad SMARTS) is 1. The lowest BCUT2D eigenvalue weighted by atomic mass is 10.2. The van der Waals surface area contributed by atoms with E-state index >= 15 is 0 Å². The van der Waals surface area contributed by atoms with Gasteiger partial charge in [-0.2, -0.15) is 0 Å². The number of aromatic carboxylic acids is 1. The number of nitrogens with zero attached hydrogens (tertiary/aromatic N) is 1. The molecule has 2 N–H and O–H groups in total. The first kappa shape index (κ1) is 14.9. The highest BCUT2D eigenvalue weighted by Crippen LogP contribution is 2.31. The Morgan fingerprint density at radius 3 is 2.57 bits per heavy atom. The van der Waals surface area contributed by atoms with E-state index < -0.39 is 22.3 Å². The molecule has 0 heterocycles. The van der Waals surface area contributed by atoms with E-state index in [4.69, 9.17) is 5.11 Å². The van der Waals surface area contributed by atoms with Crippen LogP contribution >= 0.6 is 15.9 Å². The minimum Gasteiger partial charge on any atom is -0.478 e. The van der Waals surface area contributed by atoms with E-state index in [1.807, 2.05) is 0 Å². The van der Waals surface area contributed by atoms with Gasteiger partial charge >= 0.3 is 5.97 Å². The van der Waals surface area contributed by atoms with Crippen LogP contribution in [-0.4, -0.2) is 16.0 Å². The molecular weight excluding hydrogens is 347 g/mol. The average Bonchev–Trinajstić information content (AvgIpc) is 2.37. The number of nitrogens with one attached hydrogen (secondary N) is 1. The fraction of sp³-hybridized carbons (Fsp3) is 0. The monoisotopic (exact) mass is 354 g/mol. The Morgan fingerprint density at radius 1 is 1.29 bits per heavy atom. The molecule has 0 aliphatic heterocycles. The molecule has 0 aromatic heterocycles. The molecule has 0 radical (unpaired) electrons. The quantitative estimate of drug-likeness (QED) is 0.640. The number of carbonyl (C=O) groups is 1. The number of hydrogen-bond acceptors (Lipinski definition) is 4. The van der Waals surface area contributed by atoms with E-state index in [9.17, 15) is 19.3 Å². The van der Waals surface area contributed by atoms with Crippen LogP contribution in [0.25, 0.3) is 0 Å². The average molecular weight is 355 g/mol. The van der Waals surface area contributed by atoms with Gasteiger partial charge in [-0.1, -0.05) is 15.9 Å². The van der Waals surface area contributed by atoms with Gasteiger partial charge in [0.05, 0.1) is 10.5 Å². The summed E-state index contributed by atoms with van der Waals surface area (Å²) in [5.41, 5.74) is -0.277. The summed E-state index contributed by atoms with van der Waals surface area (Å²) < 4.78 is 14.2. The third-order valence-corrected chi connectivity index (χ3v) is 3.13. The van der Waals surface area contributed by atoms with Crippen molar-refractivity contribution in [3.63, 3.8) is 0 Å². The molecule has 21 heavy (non-hydrogen) atoms. The molecule has 8 heteroatoms. The van der Waals surface area contributed by atoms with Crippen LogP contribution < -0.4 is 5.32 Å². The molecule has 0 bridgehead atoms. The number of anilines is 2. The largest absolute Gasteiger partial charge is 0.478 e. The van der Waals surface area contributed by atoms with Crippen molar-refractivity contribution in [3.8, 4) is 0 Å². The molecule has 0 fully saturated rings. The summed E-state index contributed by atoms with van der Waals surface area (Å²) in [5.74, 6) is -2.31. The Balaban J connectivity index is 2.38. The predicted molar refractivity (Wildman–Crippen MR) is 77.4 cm³/mol. The zero-order valence-corrected chi connectivity index (χ0v) is 11.9. The second-order valence-corrected chi connectivity index (χ2v) is 4.96. The van der Waals surface area contributed by atoms with Crippen LogP contribution in [0.2, 0.25) is 0 Å². The van der Waals surface area contributed by atoms with Crippen molar-refractivity contribution in [1.29, 1.82) is 0 Å². The summed E-state index contributed by atoms with van der Waals surface area (Å²) in [4.78, 5) is 21.1. The molecule has 0 unspecified atom stereocenters. The van der Waals surface area contributed by atoms with E-state index in [2.05, 4.69) is 21.2 Å². The van der Waals surface area contributed by atoms with E-state index in [0.29, 0.717) is 4.47 Å². The molecule has 2 aromatic carbocycles. The minimum atomic E-state index is -1.38. The first-order valence-corrected chi connectivity index (χ1v) is 6.41. The van der Waals surface area contributed by atoms with Crippen LogP contribution in [0.5, 0.6) is 0 Å². The van der Waals surface area contributed by atoms with Crippen molar-refractivity contribution in [2.75, 3.05) is 5.32 Å². The number of carboxylic acids is 1. The molecule has 2 rings (SSSR count). The number of hydrogen-bond donors (Lipinski definition) is 2. The van der Waals surface area contributed by atoms with Crippen LogP contribution in [0.4, 0.5) is 21.5 Å². The standard InChI is InChI=1S/C13H8BrFN2O4/c14-7-1-4-12(17(20)21)11(5-7)16-8-2-3-9(13(18)19)10(15)6-8/h1-6,16H,(H,18,19). The molecule has 0 atom stereocenters. The van der Waals surface area contributed by atoms with Gasteiger partial charge in [0, 0.05) is 16.2 Å². The summed E-state index contributed by atoms with van der Waals surface area (Å²) in [6.07, 6.45) is 0.